The summed E-state index contributed by atoms with van der Waals surface area (Å²) in [6, 6.07) is 14.7. The maximum Gasteiger partial charge on any atom is 0.282 e. The van der Waals surface area contributed by atoms with Gasteiger partial charge in [-0.15, -0.1) is 0 Å². The molecular weight excluding hydrogens is 319 g/mol. The number of nitrogens with two attached hydrogens (primary N) is 1. The monoisotopic (exact) mass is 337 g/mol. The number of amides is 1. The maximum absolute atomic E-state index is 12.2. The van der Waals surface area contributed by atoms with E-state index < -0.39 is 0 Å². The van der Waals surface area contributed by atoms with Crippen molar-refractivity contribution in [2.24, 2.45) is 0 Å². The van der Waals surface area contributed by atoms with Crippen LogP contribution in [0.1, 0.15) is 25.5 Å². The van der Waals surface area contributed by atoms with Gasteiger partial charge in [-0.25, -0.2) is 0 Å². The third kappa shape index (κ3) is 4.47. The molecule has 2 atom stereocenters. The van der Waals surface area contributed by atoms with Crippen molar-refractivity contribution in [1.82, 2.24) is 0 Å². The fourth-order valence-corrected chi connectivity index (χ4v) is 2.85. The number of hydrogen-bond donors (Lipinski definition) is 2. The third-order valence-corrected chi connectivity index (χ3v) is 4.05. The molecule has 0 radical (unpaired) electrons. The van der Waals surface area contributed by atoms with Gasteiger partial charge in [0, 0.05) is 16.3 Å². The molecule has 0 saturated carbocycles. The highest BCUT2D eigenvalue weighted by Crippen LogP contribution is 2.24. The average molecular weight is 338 g/mol. The van der Waals surface area contributed by atoms with E-state index in [1.54, 1.807) is 6.07 Å². The number of benzene rings is 2. The molecule has 3 N–H and O–H groups in total. The minimum atomic E-state index is -0.234. The summed E-state index contributed by atoms with van der Waals surface area (Å²) in [4.78, 5) is 12.2. The molecule has 5 heteroatoms. The Kier molecular flexibility index (Phi) is 5.83. The minimum absolute atomic E-state index is 0.0388. The number of carbonyl (C=O) groups is 1. The van der Waals surface area contributed by atoms with E-state index in [4.69, 9.17) is 23.2 Å². The number of carbonyl (C=O) groups excluding carboxylic acids is 1. The van der Waals surface area contributed by atoms with E-state index in [0.717, 1.165) is 11.3 Å². The SMILES string of the molecule is C[C@@H]([NH2+][C@H](C)c1ccc(Cl)cc1Cl)C(=O)Nc1ccccc1. The van der Waals surface area contributed by atoms with Gasteiger partial charge >= 0.3 is 0 Å². The van der Waals surface area contributed by atoms with Crippen molar-refractivity contribution in [1.29, 1.82) is 0 Å². The Morgan fingerprint density at radius 3 is 2.41 bits per heavy atom. The van der Waals surface area contributed by atoms with Crippen LogP contribution >= 0.6 is 23.2 Å². The van der Waals surface area contributed by atoms with Crippen LogP contribution in [0.25, 0.3) is 0 Å². The molecule has 0 unspecified atom stereocenters. The molecule has 2 aromatic carbocycles. The third-order valence-electron chi connectivity index (χ3n) is 3.49. The van der Waals surface area contributed by atoms with Gasteiger partial charge in [-0.3, -0.25) is 4.79 Å². The summed E-state index contributed by atoms with van der Waals surface area (Å²) >= 11 is 12.1. The predicted octanol–water partition coefficient (Wildman–Crippen LogP) is 3.65. The van der Waals surface area contributed by atoms with E-state index in [2.05, 4.69) is 5.32 Å². The van der Waals surface area contributed by atoms with Crippen LogP contribution in [0, 0.1) is 0 Å². The first kappa shape index (κ1) is 16.8. The van der Waals surface area contributed by atoms with Crippen molar-refractivity contribution >= 4 is 34.8 Å². The van der Waals surface area contributed by atoms with Crippen LogP contribution in [0.15, 0.2) is 48.5 Å². The van der Waals surface area contributed by atoms with Gasteiger partial charge in [-0.2, -0.15) is 0 Å². The van der Waals surface area contributed by atoms with Gasteiger partial charge in [-0.1, -0.05) is 47.5 Å². The smallest absolute Gasteiger partial charge is 0.282 e. The minimum Gasteiger partial charge on any atom is -0.330 e. The Bertz CT molecular complexity index is 646. The summed E-state index contributed by atoms with van der Waals surface area (Å²) < 4.78 is 0. The molecule has 0 saturated heterocycles. The second kappa shape index (κ2) is 7.63. The lowest BCUT2D eigenvalue weighted by molar-refractivity contribution is -0.709. The van der Waals surface area contributed by atoms with E-state index in [0.29, 0.717) is 10.0 Å². The lowest BCUT2D eigenvalue weighted by Gasteiger charge is -2.18. The molecule has 0 aliphatic rings. The average Bonchev–Trinajstić information content (AvgIpc) is 2.47. The van der Waals surface area contributed by atoms with E-state index in [1.165, 1.54) is 0 Å². The van der Waals surface area contributed by atoms with Crippen molar-refractivity contribution in [3.8, 4) is 0 Å². The first-order chi connectivity index (χ1) is 10.5. The summed E-state index contributed by atoms with van der Waals surface area (Å²) in [5, 5.41) is 6.10. The van der Waals surface area contributed by atoms with Crippen LogP contribution in [0.4, 0.5) is 5.69 Å². The number of halogens is 2. The molecule has 0 fully saturated rings. The summed E-state index contributed by atoms with van der Waals surface area (Å²) in [5.41, 5.74) is 1.76. The van der Waals surface area contributed by atoms with Crippen LogP contribution in [-0.2, 0) is 4.79 Å². The maximum atomic E-state index is 12.2. The number of hydrogen-bond acceptors (Lipinski definition) is 1. The van der Waals surface area contributed by atoms with Crippen molar-refractivity contribution in [3.05, 3.63) is 64.1 Å². The van der Waals surface area contributed by atoms with Gasteiger partial charge in [0.15, 0.2) is 6.04 Å². The second-order valence-electron chi connectivity index (χ2n) is 5.29. The van der Waals surface area contributed by atoms with Crippen LogP contribution in [0.2, 0.25) is 10.0 Å². The van der Waals surface area contributed by atoms with Gasteiger partial charge in [0.05, 0.1) is 5.02 Å². The van der Waals surface area contributed by atoms with E-state index in [9.17, 15) is 4.79 Å². The van der Waals surface area contributed by atoms with Gasteiger partial charge in [0.25, 0.3) is 5.91 Å². The first-order valence-electron chi connectivity index (χ1n) is 7.13. The fourth-order valence-electron chi connectivity index (χ4n) is 2.27. The Morgan fingerprint density at radius 1 is 1.09 bits per heavy atom. The second-order valence-corrected chi connectivity index (χ2v) is 6.13. The topological polar surface area (TPSA) is 45.7 Å². The van der Waals surface area contributed by atoms with E-state index in [-0.39, 0.29) is 18.0 Å². The molecule has 0 heterocycles. The fraction of sp³-hybridized carbons (Fsp3) is 0.235. The molecule has 3 nitrogen and oxygen atoms in total. The Balaban J connectivity index is 1.98. The Hall–Kier alpha value is -1.55. The van der Waals surface area contributed by atoms with Crippen LogP contribution in [0.3, 0.4) is 0 Å². The summed E-state index contributed by atoms with van der Waals surface area (Å²) in [7, 11) is 0. The van der Waals surface area contributed by atoms with Crippen LogP contribution in [-0.4, -0.2) is 11.9 Å². The molecule has 116 valence electrons. The number of nitrogens with one attached hydrogen (secondary N) is 1. The molecule has 0 aromatic heterocycles. The van der Waals surface area contributed by atoms with Crippen molar-refractivity contribution in [2.75, 3.05) is 5.32 Å². The summed E-state index contributed by atoms with van der Waals surface area (Å²) in [6.45, 7) is 3.89. The molecule has 1 amide bonds. The number of para-hydroxylation sites is 1. The van der Waals surface area contributed by atoms with Crippen molar-refractivity contribution < 1.29 is 10.1 Å². The Labute approximate surface area is 140 Å². The Morgan fingerprint density at radius 2 is 1.77 bits per heavy atom. The van der Waals surface area contributed by atoms with E-state index in [1.807, 2.05) is 61.6 Å². The predicted molar refractivity (Wildman–Crippen MR) is 91.3 cm³/mol. The normalized spacial score (nSPS) is 13.5. The molecule has 0 aliphatic heterocycles. The highest BCUT2D eigenvalue weighted by Gasteiger charge is 2.21. The van der Waals surface area contributed by atoms with Gasteiger partial charge < -0.3 is 10.6 Å². The molecule has 0 spiro atoms. The zero-order valence-electron chi connectivity index (χ0n) is 12.5. The van der Waals surface area contributed by atoms with Crippen molar-refractivity contribution in [3.63, 3.8) is 0 Å². The first-order valence-corrected chi connectivity index (χ1v) is 7.89. The van der Waals surface area contributed by atoms with Crippen LogP contribution < -0.4 is 10.6 Å². The molecule has 2 aromatic rings. The quantitative estimate of drug-likeness (QED) is 0.859. The lowest BCUT2D eigenvalue weighted by Crippen LogP contribution is -2.91. The van der Waals surface area contributed by atoms with Crippen LogP contribution in [0.5, 0.6) is 0 Å². The highest BCUT2D eigenvalue weighted by atomic mass is 35.5. The number of anilines is 1. The largest absolute Gasteiger partial charge is 0.330 e. The zero-order chi connectivity index (χ0) is 16.1. The standard InChI is InChI=1S/C17H18Cl2N2O/c1-11(15-9-8-13(18)10-16(15)19)20-12(2)17(22)21-14-6-4-3-5-7-14/h3-12,20H,1-2H3,(H,21,22)/p+1/t11-,12-/m1/s1. The highest BCUT2D eigenvalue weighted by molar-refractivity contribution is 6.35. The number of quaternary nitrogens is 1. The molecule has 22 heavy (non-hydrogen) atoms. The van der Waals surface area contributed by atoms with Gasteiger partial charge in [0.2, 0.25) is 0 Å². The summed E-state index contributed by atoms with van der Waals surface area (Å²) in [5.74, 6) is -0.0388. The zero-order valence-corrected chi connectivity index (χ0v) is 14.0. The molecule has 0 aliphatic carbocycles. The molecular formula is C17H19Cl2N2O+. The van der Waals surface area contributed by atoms with Gasteiger partial charge in [0.1, 0.15) is 6.04 Å². The number of rotatable bonds is 5. The lowest BCUT2D eigenvalue weighted by atomic mass is 10.1. The van der Waals surface area contributed by atoms with Crippen molar-refractivity contribution in [2.45, 2.75) is 25.9 Å². The van der Waals surface area contributed by atoms with E-state index >= 15 is 0 Å². The van der Waals surface area contributed by atoms with Gasteiger partial charge in [-0.05, 0) is 38.1 Å². The molecule has 2 rings (SSSR count). The summed E-state index contributed by atoms with van der Waals surface area (Å²) in [6.07, 6.45) is 0. The molecule has 0 bridgehead atoms.